The van der Waals surface area contributed by atoms with E-state index >= 15 is 0 Å². The summed E-state index contributed by atoms with van der Waals surface area (Å²) in [4.78, 5) is 18.0. The van der Waals surface area contributed by atoms with Crippen LogP contribution in [0, 0.1) is 30.9 Å². The Morgan fingerprint density at radius 3 is 2.36 bits per heavy atom. The van der Waals surface area contributed by atoms with Gasteiger partial charge in [-0.25, -0.2) is 0 Å². The molecule has 0 saturated carbocycles. The molecule has 0 aliphatic carbocycles. The Balaban J connectivity index is 1.45. The minimum atomic E-state index is -0.400. The van der Waals surface area contributed by atoms with Crippen molar-refractivity contribution < 1.29 is 14.4 Å². The highest BCUT2D eigenvalue weighted by Gasteiger charge is 2.42. The number of hydrogen-bond donors (Lipinski definition) is 1. The number of aromatic nitrogens is 2. The maximum absolute atomic E-state index is 11.7. The van der Waals surface area contributed by atoms with E-state index in [-0.39, 0.29) is 17.8 Å². The molecule has 1 aliphatic heterocycles. The summed E-state index contributed by atoms with van der Waals surface area (Å²) < 4.78 is 13.8. The molecule has 3 heterocycles. The number of methoxy groups -OCH3 is 1. The van der Waals surface area contributed by atoms with E-state index in [0.29, 0.717) is 16.5 Å². The molecule has 10 heteroatoms. The molecule has 0 bridgehead atoms. The van der Waals surface area contributed by atoms with Gasteiger partial charge >= 0.3 is 0 Å². The summed E-state index contributed by atoms with van der Waals surface area (Å²) in [6.07, 6.45) is 1.77. The lowest BCUT2D eigenvalue weighted by Gasteiger charge is -2.28. The molecule has 0 amide bonds. The van der Waals surface area contributed by atoms with Crippen LogP contribution in [0.25, 0.3) is 5.69 Å². The fourth-order valence-corrected chi connectivity index (χ4v) is 6.19. The van der Waals surface area contributed by atoms with Gasteiger partial charge in [0.2, 0.25) is 0 Å². The van der Waals surface area contributed by atoms with E-state index in [1.54, 1.807) is 25.4 Å². The zero-order valence-electron chi connectivity index (χ0n) is 24.7. The number of non-ortho nitro benzene ring substituents is 1. The maximum Gasteiger partial charge on any atom is 0.271 e. The predicted octanol–water partition coefficient (Wildman–Crippen LogP) is 7.68. The average Bonchev–Trinajstić information content (AvgIpc) is 3.53. The van der Waals surface area contributed by atoms with E-state index in [4.69, 9.17) is 21.7 Å². The monoisotopic (exact) mass is 605 g/mol. The molecule has 1 N–H and O–H groups in total. The standard InChI is InChI=1S/C34H31N5O4S/c1-21-9-5-6-11-30(21)43-26-15-12-24(13-16-26)38-33(32(36-34(38)44)28-10-7-8-18-35-28)27-19-22(2)37(23(27)3)29-20-25(39(40)41)14-17-31(29)42-4/h5-20,32-33H,1-4H3,(H,36,44). The molecule has 2 unspecified atom stereocenters. The fourth-order valence-electron chi connectivity index (χ4n) is 5.85. The average molecular weight is 606 g/mol. The Labute approximate surface area is 260 Å². The highest BCUT2D eigenvalue weighted by Crippen LogP contribution is 2.45. The second-order valence-corrected chi connectivity index (χ2v) is 11.0. The number of pyridine rings is 1. The third-order valence-electron chi connectivity index (χ3n) is 7.94. The first kappa shape index (κ1) is 28.9. The first-order chi connectivity index (χ1) is 21.3. The third kappa shape index (κ3) is 5.24. The summed E-state index contributed by atoms with van der Waals surface area (Å²) >= 11 is 5.95. The number of rotatable bonds is 8. The number of ether oxygens (including phenoxy) is 2. The molecule has 1 fully saturated rings. The molecular weight excluding hydrogens is 574 g/mol. The third-order valence-corrected chi connectivity index (χ3v) is 8.25. The molecule has 2 atom stereocenters. The first-order valence-corrected chi connectivity index (χ1v) is 14.5. The Morgan fingerprint density at radius 2 is 1.68 bits per heavy atom. The Kier molecular flexibility index (Phi) is 7.75. The van der Waals surface area contributed by atoms with Crippen LogP contribution in [-0.2, 0) is 0 Å². The normalized spacial score (nSPS) is 16.1. The van der Waals surface area contributed by atoms with Crippen molar-refractivity contribution in [3.63, 3.8) is 0 Å². The molecule has 2 aromatic heterocycles. The molecule has 44 heavy (non-hydrogen) atoms. The van der Waals surface area contributed by atoms with Gasteiger partial charge in [-0.2, -0.15) is 0 Å². The molecule has 9 nitrogen and oxygen atoms in total. The zero-order chi connectivity index (χ0) is 31.0. The number of nitrogens with zero attached hydrogens (tertiary/aromatic N) is 4. The van der Waals surface area contributed by atoms with Gasteiger partial charge < -0.3 is 24.3 Å². The second-order valence-electron chi connectivity index (χ2n) is 10.6. The first-order valence-electron chi connectivity index (χ1n) is 14.1. The Bertz CT molecular complexity index is 1860. The fraction of sp³-hybridized carbons (Fsp3) is 0.176. The smallest absolute Gasteiger partial charge is 0.271 e. The second kappa shape index (κ2) is 11.8. The minimum absolute atomic E-state index is 0.0143. The summed E-state index contributed by atoms with van der Waals surface area (Å²) in [6.45, 7) is 6.00. The molecule has 3 aromatic carbocycles. The van der Waals surface area contributed by atoms with Gasteiger partial charge in [-0.3, -0.25) is 15.1 Å². The molecule has 222 valence electrons. The van der Waals surface area contributed by atoms with Gasteiger partial charge in [-0.05, 0) is 98.7 Å². The van der Waals surface area contributed by atoms with E-state index in [0.717, 1.165) is 45.4 Å². The van der Waals surface area contributed by atoms with Crippen LogP contribution < -0.4 is 19.7 Å². The van der Waals surface area contributed by atoms with Crippen molar-refractivity contribution in [2.45, 2.75) is 32.9 Å². The number of thiocarbonyl (C=S) groups is 1. The van der Waals surface area contributed by atoms with E-state index in [2.05, 4.69) is 21.3 Å². The van der Waals surface area contributed by atoms with Gasteiger partial charge in [0.1, 0.15) is 17.2 Å². The van der Waals surface area contributed by atoms with Crippen LogP contribution in [0.3, 0.4) is 0 Å². The van der Waals surface area contributed by atoms with Crippen LogP contribution in [0.15, 0.2) is 97.2 Å². The van der Waals surface area contributed by atoms with Crippen molar-refractivity contribution in [2.24, 2.45) is 0 Å². The Morgan fingerprint density at radius 1 is 0.932 bits per heavy atom. The number of nitro benzene ring substituents is 1. The SMILES string of the molecule is COc1ccc([N+](=O)[O-])cc1-n1c(C)cc(C2C(c3ccccn3)NC(=S)N2c2ccc(Oc3ccccc3C)cc2)c1C. The molecule has 0 radical (unpaired) electrons. The molecule has 0 spiro atoms. The van der Waals surface area contributed by atoms with Crippen LogP contribution in [0.2, 0.25) is 0 Å². The van der Waals surface area contributed by atoms with E-state index in [1.165, 1.54) is 6.07 Å². The van der Waals surface area contributed by atoms with E-state index in [9.17, 15) is 10.1 Å². The van der Waals surface area contributed by atoms with Crippen molar-refractivity contribution in [1.29, 1.82) is 0 Å². The highest BCUT2D eigenvalue weighted by molar-refractivity contribution is 7.80. The van der Waals surface area contributed by atoms with Crippen LogP contribution >= 0.6 is 12.2 Å². The number of benzene rings is 3. The van der Waals surface area contributed by atoms with Gasteiger partial charge in [0, 0.05) is 35.4 Å². The van der Waals surface area contributed by atoms with Crippen molar-refractivity contribution in [1.82, 2.24) is 14.9 Å². The predicted molar refractivity (Wildman–Crippen MR) is 174 cm³/mol. The lowest BCUT2D eigenvalue weighted by atomic mass is 9.96. The molecule has 6 rings (SSSR count). The van der Waals surface area contributed by atoms with Crippen molar-refractivity contribution in [2.75, 3.05) is 12.0 Å². The zero-order valence-corrected chi connectivity index (χ0v) is 25.5. The van der Waals surface area contributed by atoms with Gasteiger partial charge in [0.15, 0.2) is 5.11 Å². The number of hydrogen-bond acceptors (Lipinski definition) is 6. The van der Waals surface area contributed by atoms with Crippen molar-refractivity contribution in [3.05, 3.63) is 136 Å². The van der Waals surface area contributed by atoms with Gasteiger partial charge in [-0.1, -0.05) is 24.3 Å². The largest absolute Gasteiger partial charge is 0.495 e. The van der Waals surface area contributed by atoms with Crippen LogP contribution in [0.1, 0.15) is 40.3 Å². The molecule has 1 saturated heterocycles. The van der Waals surface area contributed by atoms with Crippen LogP contribution in [-0.4, -0.2) is 26.7 Å². The van der Waals surface area contributed by atoms with Crippen LogP contribution in [0.5, 0.6) is 17.2 Å². The number of nitrogens with one attached hydrogen (secondary N) is 1. The molecule has 1 aliphatic rings. The number of aryl methyl sites for hydroxylation is 2. The Hall–Kier alpha value is -5.22. The summed E-state index contributed by atoms with van der Waals surface area (Å²) in [5.74, 6) is 2.05. The summed E-state index contributed by atoms with van der Waals surface area (Å²) in [6, 6.07) is 27.8. The maximum atomic E-state index is 11.7. The quantitative estimate of drug-likeness (QED) is 0.109. The molecular formula is C34H31N5O4S. The summed E-state index contributed by atoms with van der Waals surface area (Å²) in [7, 11) is 1.56. The molecule has 5 aromatic rings. The van der Waals surface area contributed by atoms with Gasteiger partial charge in [-0.15, -0.1) is 0 Å². The highest BCUT2D eigenvalue weighted by atomic mass is 32.1. The van der Waals surface area contributed by atoms with E-state index in [1.807, 2.05) is 92.1 Å². The van der Waals surface area contributed by atoms with Crippen molar-refractivity contribution in [3.8, 4) is 22.9 Å². The summed E-state index contributed by atoms with van der Waals surface area (Å²) in [5, 5.41) is 15.7. The topological polar surface area (TPSA) is 94.7 Å². The van der Waals surface area contributed by atoms with Crippen LogP contribution in [0.4, 0.5) is 11.4 Å². The van der Waals surface area contributed by atoms with E-state index < -0.39 is 4.92 Å². The summed E-state index contributed by atoms with van der Waals surface area (Å²) in [5.41, 5.74) is 6.17. The minimum Gasteiger partial charge on any atom is -0.495 e. The number of para-hydroxylation sites is 1. The van der Waals surface area contributed by atoms with Gasteiger partial charge in [0.05, 0.1) is 35.5 Å². The number of nitro groups is 1. The lowest BCUT2D eigenvalue weighted by Crippen LogP contribution is -2.29. The number of anilines is 1. The van der Waals surface area contributed by atoms with Gasteiger partial charge in [0.25, 0.3) is 5.69 Å². The lowest BCUT2D eigenvalue weighted by molar-refractivity contribution is -0.384. The van der Waals surface area contributed by atoms with Crippen molar-refractivity contribution >= 4 is 28.7 Å².